The van der Waals surface area contributed by atoms with E-state index in [1.165, 1.54) is 0 Å². The fourth-order valence-electron chi connectivity index (χ4n) is 5.07. The molecule has 5 rings (SSSR count). The third-order valence-corrected chi connectivity index (χ3v) is 8.44. The molecule has 44 heavy (non-hydrogen) atoms. The van der Waals surface area contributed by atoms with Crippen LogP contribution in [0.2, 0.25) is 0 Å². The molecule has 7 nitrogen and oxygen atoms in total. The highest BCUT2D eigenvalue weighted by Gasteiger charge is 2.34. The summed E-state index contributed by atoms with van der Waals surface area (Å²) in [5, 5.41) is 1.10. The number of carbonyl (C=O) groups excluding carboxylic acids is 1. The molecule has 0 spiro atoms. The summed E-state index contributed by atoms with van der Waals surface area (Å²) < 4.78 is 14.0. The van der Waals surface area contributed by atoms with Gasteiger partial charge in [0.15, 0.2) is 5.82 Å². The Morgan fingerprint density at radius 3 is 2.27 bits per heavy atom. The third kappa shape index (κ3) is 7.48. The highest BCUT2D eigenvalue weighted by Crippen LogP contribution is 2.44. The van der Waals surface area contributed by atoms with Crippen LogP contribution in [0.5, 0.6) is 5.75 Å². The molecule has 3 aromatic heterocycles. The van der Waals surface area contributed by atoms with E-state index < -0.39 is 5.41 Å². The van der Waals surface area contributed by atoms with Gasteiger partial charge in [0.25, 0.3) is 0 Å². The van der Waals surface area contributed by atoms with Crippen LogP contribution in [0.25, 0.3) is 22.3 Å². The van der Waals surface area contributed by atoms with Gasteiger partial charge in [-0.25, -0.2) is 9.97 Å². The molecule has 0 bridgehead atoms. The molecule has 0 saturated carbocycles. The summed E-state index contributed by atoms with van der Waals surface area (Å²) in [6, 6.07) is 22.3. The van der Waals surface area contributed by atoms with Crippen molar-refractivity contribution in [2.24, 2.45) is 5.41 Å². The van der Waals surface area contributed by atoms with Crippen molar-refractivity contribution in [1.29, 1.82) is 0 Å². The summed E-state index contributed by atoms with van der Waals surface area (Å²) in [7, 11) is 0. The zero-order valence-electron chi connectivity index (χ0n) is 26.3. The fraction of sp³-hybridized carbons (Fsp3) is 0.333. The molecule has 8 heteroatoms. The van der Waals surface area contributed by atoms with Crippen molar-refractivity contribution in [2.45, 2.75) is 70.8 Å². The molecule has 5 aromatic rings. The lowest BCUT2D eigenvalue weighted by Crippen LogP contribution is -2.30. The standard InChI is InChI=1S/C36H40N4O3S/c1-7-42-34(41)36(5,6)22-31-32(44-35(2,3)4)29-21-28(43-24-27-11-8-9-18-37-27)16-17-30(29)40(31)23-25-12-14-26(15-13-25)33-38-19-10-20-39-33/h8-21H,7,22-24H2,1-6H3. The second-order valence-electron chi connectivity index (χ2n) is 12.4. The first-order chi connectivity index (χ1) is 21.0. The van der Waals surface area contributed by atoms with Crippen molar-refractivity contribution >= 4 is 28.6 Å². The number of fused-ring (bicyclic) bond motifs is 1. The third-order valence-electron chi connectivity index (χ3n) is 7.17. The number of hydrogen-bond acceptors (Lipinski definition) is 7. The Kier molecular flexibility index (Phi) is 9.39. The lowest BCUT2D eigenvalue weighted by molar-refractivity contribution is -0.153. The molecule has 0 fully saturated rings. The Labute approximate surface area is 264 Å². The molecular formula is C36H40N4O3S. The van der Waals surface area contributed by atoms with Crippen molar-refractivity contribution in [3.63, 3.8) is 0 Å². The highest BCUT2D eigenvalue weighted by atomic mass is 32.2. The first kappa shape index (κ1) is 31.3. The van der Waals surface area contributed by atoms with Crippen molar-refractivity contribution in [3.8, 4) is 17.1 Å². The number of benzene rings is 2. The molecular weight excluding hydrogens is 568 g/mol. The van der Waals surface area contributed by atoms with Crippen LogP contribution < -0.4 is 4.74 Å². The minimum absolute atomic E-state index is 0.0654. The quantitative estimate of drug-likeness (QED) is 0.111. The van der Waals surface area contributed by atoms with Crippen LogP contribution in [0.1, 0.15) is 58.5 Å². The smallest absolute Gasteiger partial charge is 0.311 e. The van der Waals surface area contributed by atoms with Gasteiger partial charge >= 0.3 is 5.97 Å². The number of ether oxygens (including phenoxy) is 2. The molecule has 0 atom stereocenters. The summed E-state index contributed by atoms with van der Waals surface area (Å²) in [5.41, 5.74) is 4.45. The Morgan fingerprint density at radius 2 is 1.61 bits per heavy atom. The monoisotopic (exact) mass is 608 g/mol. The molecule has 0 amide bonds. The molecule has 0 radical (unpaired) electrons. The number of esters is 1. The maximum absolute atomic E-state index is 13.1. The van der Waals surface area contributed by atoms with Gasteiger partial charge in [0.1, 0.15) is 12.4 Å². The van der Waals surface area contributed by atoms with Gasteiger partial charge in [-0.2, -0.15) is 0 Å². The molecule has 0 aliphatic carbocycles. The molecule has 3 heterocycles. The van der Waals surface area contributed by atoms with E-state index in [-0.39, 0.29) is 10.7 Å². The van der Waals surface area contributed by atoms with E-state index in [0.29, 0.717) is 32.0 Å². The summed E-state index contributed by atoms with van der Waals surface area (Å²) in [6.07, 6.45) is 5.81. The summed E-state index contributed by atoms with van der Waals surface area (Å²) in [5.74, 6) is 1.28. The second kappa shape index (κ2) is 13.2. The number of pyridine rings is 1. The van der Waals surface area contributed by atoms with Gasteiger partial charge in [0.05, 0.1) is 17.7 Å². The van der Waals surface area contributed by atoms with E-state index in [2.05, 4.69) is 76.7 Å². The minimum atomic E-state index is -0.720. The maximum atomic E-state index is 13.1. The van der Waals surface area contributed by atoms with Gasteiger partial charge in [-0.05, 0) is 62.7 Å². The van der Waals surface area contributed by atoms with Crippen molar-refractivity contribution in [3.05, 3.63) is 102 Å². The zero-order chi connectivity index (χ0) is 31.3. The molecule has 0 unspecified atom stereocenters. The summed E-state index contributed by atoms with van der Waals surface area (Å²) in [4.78, 5) is 27.5. The van der Waals surface area contributed by atoms with E-state index >= 15 is 0 Å². The van der Waals surface area contributed by atoms with Crippen LogP contribution in [0.15, 0.2) is 90.2 Å². The van der Waals surface area contributed by atoms with Gasteiger partial charge in [0.2, 0.25) is 0 Å². The van der Waals surface area contributed by atoms with Crippen LogP contribution in [0.4, 0.5) is 0 Å². The largest absolute Gasteiger partial charge is 0.487 e. The Morgan fingerprint density at radius 1 is 0.886 bits per heavy atom. The minimum Gasteiger partial charge on any atom is -0.487 e. The molecule has 0 saturated heterocycles. The number of carbonyl (C=O) groups is 1. The van der Waals surface area contributed by atoms with E-state index in [4.69, 9.17) is 9.47 Å². The van der Waals surface area contributed by atoms with E-state index in [1.54, 1.807) is 18.6 Å². The Balaban J connectivity index is 1.60. The topological polar surface area (TPSA) is 79.1 Å². The first-order valence-electron chi connectivity index (χ1n) is 14.9. The number of rotatable bonds is 11. The van der Waals surface area contributed by atoms with E-state index in [9.17, 15) is 4.79 Å². The van der Waals surface area contributed by atoms with Crippen LogP contribution in [0, 0.1) is 5.41 Å². The average molecular weight is 609 g/mol. The second-order valence-corrected chi connectivity index (χ2v) is 14.3. The Hall–Kier alpha value is -4.17. The van der Waals surface area contributed by atoms with Crippen molar-refractivity contribution in [2.75, 3.05) is 6.61 Å². The number of nitrogens with zero attached hydrogens (tertiary/aromatic N) is 4. The van der Waals surface area contributed by atoms with Crippen LogP contribution in [-0.4, -0.2) is 36.8 Å². The maximum Gasteiger partial charge on any atom is 0.311 e. The zero-order valence-corrected chi connectivity index (χ0v) is 27.1. The van der Waals surface area contributed by atoms with Gasteiger partial charge in [0, 0.05) is 63.4 Å². The number of thioether (sulfide) groups is 1. The van der Waals surface area contributed by atoms with Gasteiger partial charge < -0.3 is 14.0 Å². The number of hydrogen-bond donors (Lipinski definition) is 0. The molecule has 0 aliphatic heterocycles. The lowest BCUT2D eigenvalue weighted by atomic mass is 9.87. The van der Waals surface area contributed by atoms with Gasteiger partial charge in [-0.15, -0.1) is 11.8 Å². The molecule has 0 N–H and O–H groups in total. The molecule has 0 aliphatic rings. The summed E-state index contributed by atoms with van der Waals surface area (Å²) in [6.45, 7) is 13.8. The highest BCUT2D eigenvalue weighted by molar-refractivity contribution is 8.00. The van der Waals surface area contributed by atoms with Crippen molar-refractivity contribution in [1.82, 2.24) is 19.5 Å². The average Bonchev–Trinajstić information content (AvgIpc) is 3.26. The van der Waals surface area contributed by atoms with Gasteiger partial charge in [-0.3, -0.25) is 9.78 Å². The fourth-order valence-corrected chi connectivity index (χ4v) is 6.26. The van der Waals surface area contributed by atoms with Crippen LogP contribution in [-0.2, 0) is 29.1 Å². The first-order valence-corrected chi connectivity index (χ1v) is 15.8. The predicted octanol–water partition coefficient (Wildman–Crippen LogP) is 8.14. The van der Waals surface area contributed by atoms with E-state index in [1.807, 2.05) is 62.9 Å². The van der Waals surface area contributed by atoms with E-state index in [0.717, 1.165) is 44.1 Å². The molecule has 2 aromatic carbocycles. The Bertz CT molecular complexity index is 1710. The lowest BCUT2D eigenvalue weighted by Gasteiger charge is -2.26. The normalized spacial score (nSPS) is 12.0. The SMILES string of the molecule is CCOC(=O)C(C)(C)Cc1c(SC(C)(C)C)c2cc(OCc3ccccn3)ccc2n1Cc1ccc(-c2ncccn2)cc1. The van der Waals surface area contributed by atoms with Gasteiger partial charge in [-0.1, -0.05) is 51.1 Å². The molecule has 228 valence electrons. The summed E-state index contributed by atoms with van der Waals surface area (Å²) >= 11 is 1.82. The van der Waals surface area contributed by atoms with Crippen LogP contribution >= 0.6 is 11.8 Å². The van der Waals surface area contributed by atoms with Crippen molar-refractivity contribution < 1.29 is 14.3 Å². The predicted molar refractivity (Wildman–Crippen MR) is 177 cm³/mol. The van der Waals surface area contributed by atoms with Crippen LogP contribution in [0.3, 0.4) is 0 Å². The number of aromatic nitrogens is 4.